The van der Waals surface area contributed by atoms with Crippen LogP contribution in [0.15, 0.2) is 18.2 Å². The van der Waals surface area contributed by atoms with Gasteiger partial charge in [0, 0.05) is 5.56 Å². The van der Waals surface area contributed by atoms with Crippen molar-refractivity contribution in [3.05, 3.63) is 29.6 Å². The third-order valence-electron chi connectivity index (χ3n) is 3.96. The summed E-state index contributed by atoms with van der Waals surface area (Å²) in [5.74, 6) is -0.269. The molecule has 0 heterocycles. The molecular formula is C17H26F3O5P. The largest absolute Gasteiger partial charge is 0.496 e. The second-order valence-corrected chi connectivity index (χ2v) is 8.48. The quantitative estimate of drug-likeness (QED) is 0.578. The van der Waals surface area contributed by atoms with Crippen LogP contribution in [0.1, 0.15) is 39.7 Å². The van der Waals surface area contributed by atoms with Gasteiger partial charge >= 0.3 is 13.3 Å². The lowest BCUT2D eigenvalue weighted by Gasteiger charge is -2.34. The lowest BCUT2D eigenvalue weighted by Crippen LogP contribution is -2.39. The van der Waals surface area contributed by atoms with Crippen molar-refractivity contribution in [1.82, 2.24) is 0 Å². The average molecular weight is 398 g/mol. The third kappa shape index (κ3) is 4.80. The van der Waals surface area contributed by atoms with Crippen molar-refractivity contribution in [3.63, 3.8) is 0 Å². The van der Waals surface area contributed by atoms with E-state index in [0.717, 1.165) is 6.07 Å². The molecule has 0 aliphatic rings. The highest BCUT2D eigenvalue weighted by Gasteiger charge is 2.59. The molecule has 1 atom stereocenters. The monoisotopic (exact) mass is 398 g/mol. The highest BCUT2D eigenvalue weighted by Crippen LogP contribution is 2.64. The van der Waals surface area contributed by atoms with Gasteiger partial charge in [0.2, 0.25) is 0 Å². The molecule has 1 N–H and O–H groups in total. The second-order valence-electron chi connectivity index (χ2n) is 6.37. The first-order valence-corrected chi connectivity index (χ1v) is 9.78. The normalized spacial score (nSPS) is 14.3. The predicted octanol–water partition coefficient (Wildman–Crippen LogP) is 4.72. The molecule has 0 aromatic heterocycles. The van der Waals surface area contributed by atoms with E-state index in [4.69, 9.17) is 4.74 Å². The lowest BCUT2D eigenvalue weighted by molar-refractivity contribution is -0.0755. The first-order valence-electron chi connectivity index (χ1n) is 8.24. The number of hydrogen-bond acceptors (Lipinski definition) is 5. The van der Waals surface area contributed by atoms with E-state index in [1.807, 2.05) is 0 Å². The van der Waals surface area contributed by atoms with Gasteiger partial charge in [0.05, 0.1) is 20.3 Å². The molecular weight excluding hydrogens is 372 g/mol. The number of ether oxygens (including phenoxy) is 1. The van der Waals surface area contributed by atoms with Crippen LogP contribution < -0.4 is 4.74 Å². The summed E-state index contributed by atoms with van der Waals surface area (Å²) in [4.78, 5) is 0. The minimum absolute atomic E-state index is 0.263. The van der Waals surface area contributed by atoms with Gasteiger partial charge in [0.25, 0.3) is 0 Å². The molecule has 0 radical (unpaired) electrons. The maximum absolute atomic E-state index is 14.7. The molecule has 0 saturated carbocycles. The van der Waals surface area contributed by atoms with Crippen LogP contribution in [-0.4, -0.2) is 37.2 Å². The van der Waals surface area contributed by atoms with Gasteiger partial charge in [-0.2, -0.15) is 8.78 Å². The standard InChI is InChI=1S/C17H26F3O5P/c1-6-24-26(22,25-7-2)17(19,20)15(21)11-16(3,4)13-10-12(18)8-9-14(13)23-5/h8-10,15,21H,6-7,11H2,1-5H3. The fourth-order valence-corrected chi connectivity index (χ4v) is 4.21. The molecule has 0 bridgehead atoms. The van der Waals surface area contributed by atoms with E-state index in [2.05, 4.69) is 9.05 Å². The summed E-state index contributed by atoms with van der Waals surface area (Å²) in [5, 5.41) is 10.2. The molecule has 1 rings (SSSR count). The minimum Gasteiger partial charge on any atom is -0.496 e. The van der Waals surface area contributed by atoms with Crippen molar-refractivity contribution >= 4 is 7.60 Å². The predicted molar refractivity (Wildman–Crippen MR) is 92.4 cm³/mol. The molecule has 0 amide bonds. The van der Waals surface area contributed by atoms with Crippen molar-refractivity contribution in [2.75, 3.05) is 20.3 Å². The van der Waals surface area contributed by atoms with Crippen molar-refractivity contribution in [3.8, 4) is 5.75 Å². The molecule has 0 spiro atoms. The van der Waals surface area contributed by atoms with E-state index in [1.54, 1.807) is 13.8 Å². The molecule has 1 unspecified atom stereocenters. The van der Waals surface area contributed by atoms with Crippen LogP contribution in [0.4, 0.5) is 13.2 Å². The molecule has 150 valence electrons. The summed E-state index contributed by atoms with van der Waals surface area (Å²) in [6, 6.07) is 3.72. The van der Waals surface area contributed by atoms with E-state index >= 15 is 0 Å². The van der Waals surface area contributed by atoms with E-state index in [-0.39, 0.29) is 13.2 Å². The fraction of sp³-hybridized carbons (Fsp3) is 0.647. The van der Waals surface area contributed by atoms with Gasteiger partial charge in [-0.15, -0.1) is 0 Å². The molecule has 1 aromatic carbocycles. The van der Waals surface area contributed by atoms with Crippen molar-refractivity contribution < 1.29 is 36.6 Å². The molecule has 9 heteroatoms. The van der Waals surface area contributed by atoms with Crippen LogP contribution in [-0.2, 0) is 19.0 Å². The van der Waals surface area contributed by atoms with Gasteiger partial charge in [-0.3, -0.25) is 4.57 Å². The van der Waals surface area contributed by atoms with Gasteiger partial charge < -0.3 is 18.9 Å². The van der Waals surface area contributed by atoms with Gasteiger partial charge in [-0.1, -0.05) is 13.8 Å². The lowest BCUT2D eigenvalue weighted by atomic mass is 9.79. The Morgan fingerprint density at radius 3 is 2.19 bits per heavy atom. The molecule has 26 heavy (non-hydrogen) atoms. The summed E-state index contributed by atoms with van der Waals surface area (Å²) < 4.78 is 69.9. The zero-order valence-electron chi connectivity index (χ0n) is 15.6. The summed E-state index contributed by atoms with van der Waals surface area (Å²) in [5.41, 5.74) is -4.94. The highest BCUT2D eigenvalue weighted by molar-refractivity contribution is 7.55. The summed E-state index contributed by atoms with van der Waals surface area (Å²) in [6.45, 7) is 5.37. The Labute approximate surface area is 152 Å². The Morgan fingerprint density at radius 1 is 1.19 bits per heavy atom. The number of aliphatic hydroxyl groups is 1. The maximum atomic E-state index is 14.7. The van der Waals surface area contributed by atoms with E-state index in [0.29, 0.717) is 11.3 Å². The number of hydrogen-bond donors (Lipinski definition) is 1. The number of benzene rings is 1. The Bertz CT molecular complexity index is 641. The van der Waals surface area contributed by atoms with Crippen LogP contribution in [0, 0.1) is 5.82 Å². The number of alkyl halides is 2. The number of methoxy groups -OCH3 is 1. The molecule has 1 aromatic rings. The first-order chi connectivity index (χ1) is 11.9. The molecule has 0 aliphatic carbocycles. The van der Waals surface area contributed by atoms with Crippen molar-refractivity contribution in [2.24, 2.45) is 0 Å². The minimum atomic E-state index is -4.87. The molecule has 0 saturated heterocycles. The topological polar surface area (TPSA) is 65.0 Å². The van der Waals surface area contributed by atoms with E-state index in [9.17, 15) is 22.8 Å². The Balaban J connectivity index is 3.19. The zero-order chi connectivity index (χ0) is 20.2. The van der Waals surface area contributed by atoms with Gasteiger partial charge in [0.1, 0.15) is 17.7 Å². The highest BCUT2D eigenvalue weighted by atomic mass is 31.2. The smallest absolute Gasteiger partial charge is 0.402 e. The summed E-state index contributed by atoms with van der Waals surface area (Å²) >= 11 is 0. The van der Waals surface area contributed by atoms with Crippen LogP contribution in [0.5, 0.6) is 5.75 Å². The van der Waals surface area contributed by atoms with Crippen LogP contribution in [0.3, 0.4) is 0 Å². The third-order valence-corrected chi connectivity index (χ3v) is 6.18. The first kappa shape index (κ1) is 23.0. The van der Waals surface area contributed by atoms with Crippen LogP contribution >= 0.6 is 7.60 Å². The Kier molecular flexibility index (Phi) is 7.72. The molecule has 5 nitrogen and oxygen atoms in total. The SMILES string of the molecule is CCOP(=O)(OCC)C(F)(F)C(O)CC(C)(C)c1cc(F)ccc1OC. The number of halogens is 3. The fourth-order valence-electron chi connectivity index (χ4n) is 2.66. The zero-order valence-corrected chi connectivity index (χ0v) is 16.5. The van der Waals surface area contributed by atoms with Gasteiger partial charge in [0.15, 0.2) is 0 Å². The Morgan fingerprint density at radius 2 is 1.73 bits per heavy atom. The second kappa shape index (κ2) is 8.74. The number of rotatable bonds is 10. The molecule has 0 aliphatic heterocycles. The molecule has 0 fully saturated rings. The van der Waals surface area contributed by atoms with Crippen molar-refractivity contribution in [2.45, 2.75) is 51.3 Å². The number of aliphatic hydroxyl groups excluding tert-OH is 1. The maximum Gasteiger partial charge on any atom is 0.402 e. The van der Waals surface area contributed by atoms with E-state index in [1.165, 1.54) is 33.1 Å². The van der Waals surface area contributed by atoms with Crippen molar-refractivity contribution in [1.29, 1.82) is 0 Å². The summed E-state index contributed by atoms with van der Waals surface area (Å²) in [6.07, 6.45) is -2.86. The van der Waals surface area contributed by atoms with Gasteiger partial charge in [-0.25, -0.2) is 4.39 Å². The summed E-state index contributed by atoms with van der Waals surface area (Å²) in [7, 11) is -3.50. The van der Waals surface area contributed by atoms with Crippen LogP contribution in [0.2, 0.25) is 0 Å². The van der Waals surface area contributed by atoms with Crippen LogP contribution in [0.25, 0.3) is 0 Å². The van der Waals surface area contributed by atoms with Gasteiger partial charge in [-0.05, 0) is 43.9 Å². The van der Waals surface area contributed by atoms with E-state index < -0.39 is 37.0 Å². The average Bonchev–Trinajstić information content (AvgIpc) is 2.54. The Hall–Kier alpha value is -1.08.